The average Bonchev–Trinajstić information content (AvgIpc) is 2.47. The van der Waals surface area contributed by atoms with E-state index in [-0.39, 0.29) is 10.9 Å². The number of hydrogen-bond acceptors (Lipinski definition) is 3. The number of anilines is 1. The highest BCUT2D eigenvalue weighted by atomic mass is 32.1. The Kier molecular flexibility index (Phi) is 4.95. The van der Waals surface area contributed by atoms with E-state index in [1.54, 1.807) is 24.3 Å². The number of halogens is 3. The lowest BCUT2D eigenvalue weighted by molar-refractivity contribution is -0.137. The zero-order chi connectivity index (χ0) is 17.0. The van der Waals surface area contributed by atoms with Crippen molar-refractivity contribution in [3.8, 4) is 0 Å². The van der Waals surface area contributed by atoms with E-state index in [0.717, 1.165) is 17.7 Å². The lowest BCUT2D eigenvalue weighted by atomic mass is 10.1. The fraction of sp³-hybridized carbons (Fsp3) is 0.133. The van der Waals surface area contributed by atoms with Crippen molar-refractivity contribution in [3.63, 3.8) is 0 Å². The van der Waals surface area contributed by atoms with Crippen molar-refractivity contribution >= 4 is 29.1 Å². The number of carbonyl (C=O) groups is 1. The van der Waals surface area contributed by atoms with Crippen molar-refractivity contribution < 1.29 is 18.0 Å². The molecule has 2 rings (SSSR count). The molecular formula is C15H12F3N3OS. The Morgan fingerprint density at radius 1 is 1.13 bits per heavy atom. The number of aryl methyl sites for hydroxylation is 1. The summed E-state index contributed by atoms with van der Waals surface area (Å²) >= 11 is 4.94. The molecule has 0 unspecified atom stereocenters. The summed E-state index contributed by atoms with van der Waals surface area (Å²) in [6.45, 7) is 1.89. The first-order valence-corrected chi connectivity index (χ1v) is 6.89. The van der Waals surface area contributed by atoms with Crippen LogP contribution in [-0.2, 0) is 6.18 Å². The summed E-state index contributed by atoms with van der Waals surface area (Å²) in [5.74, 6) is -0.318. The molecule has 2 N–H and O–H groups in total. The van der Waals surface area contributed by atoms with Crippen molar-refractivity contribution in [2.75, 3.05) is 5.32 Å². The Balaban J connectivity index is 1.96. The number of aromatic nitrogens is 1. The Morgan fingerprint density at radius 2 is 1.78 bits per heavy atom. The molecule has 0 fully saturated rings. The van der Waals surface area contributed by atoms with Crippen LogP contribution in [0.5, 0.6) is 0 Å². The van der Waals surface area contributed by atoms with Crippen LogP contribution in [0, 0.1) is 6.92 Å². The van der Waals surface area contributed by atoms with Gasteiger partial charge in [0.2, 0.25) is 0 Å². The van der Waals surface area contributed by atoms with Gasteiger partial charge in [-0.2, -0.15) is 13.2 Å². The van der Waals surface area contributed by atoms with Crippen molar-refractivity contribution in [2.45, 2.75) is 13.1 Å². The molecule has 0 aliphatic carbocycles. The van der Waals surface area contributed by atoms with E-state index >= 15 is 0 Å². The minimum Gasteiger partial charge on any atom is -0.317 e. The second-order valence-corrected chi connectivity index (χ2v) is 5.11. The molecule has 2 aromatic rings. The van der Waals surface area contributed by atoms with Crippen LogP contribution < -0.4 is 10.6 Å². The van der Waals surface area contributed by atoms with Crippen LogP contribution in [0.3, 0.4) is 0 Å². The number of amides is 1. The number of rotatable bonds is 2. The third-order valence-corrected chi connectivity index (χ3v) is 3.08. The minimum absolute atomic E-state index is 0.0529. The summed E-state index contributed by atoms with van der Waals surface area (Å²) in [4.78, 5) is 15.5. The molecule has 120 valence electrons. The predicted molar refractivity (Wildman–Crippen MR) is 84.1 cm³/mol. The van der Waals surface area contributed by atoms with Gasteiger partial charge < -0.3 is 5.32 Å². The zero-order valence-corrected chi connectivity index (χ0v) is 12.8. The van der Waals surface area contributed by atoms with E-state index in [2.05, 4.69) is 15.6 Å². The molecular weight excluding hydrogens is 327 g/mol. The highest BCUT2D eigenvalue weighted by molar-refractivity contribution is 7.80. The molecule has 1 aromatic carbocycles. The Hall–Kier alpha value is -2.48. The molecule has 0 aliphatic heterocycles. The number of carbonyl (C=O) groups excluding carboxylic acids is 1. The van der Waals surface area contributed by atoms with E-state index < -0.39 is 17.6 Å². The molecule has 1 amide bonds. The summed E-state index contributed by atoms with van der Waals surface area (Å²) in [5, 5.41) is 4.93. The monoisotopic (exact) mass is 339 g/mol. The fourth-order valence-electron chi connectivity index (χ4n) is 1.66. The first-order valence-electron chi connectivity index (χ1n) is 6.48. The maximum atomic E-state index is 12.4. The van der Waals surface area contributed by atoms with Gasteiger partial charge in [-0.15, -0.1) is 0 Å². The van der Waals surface area contributed by atoms with E-state index in [0.29, 0.717) is 11.8 Å². The molecule has 1 aromatic heterocycles. The highest BCUT2D eigenvalue weighted by Gasteiger charge is 2.30. The average molecular weight is 339 g/mol. The summed E-state index contributed by atoms with van der Waals surface area (Å²) in [7, 11) is 0. The molecule has 0 atom stereocenters. The van der Waals surface area contributed by atoms with Crippen LogP contribution in [-0.4, -0.2) is 16.0 Å². The molecule has 1 heterocycles. The molecule has 23 heavy (non-hydrogen) atoms. The van der Waals surface area contributed by atoms with E-state index in [1.807, 2.05) is 6.92 Å². The lowest BCUT2D eigenvalue weighted by Gasteiger charge is -2.10. The van der Waals surface area contributed by atoms with Crippen LogP contribution in [0.2, 0.25) is 0 Å². The largest absolute Gasteiger partial charge is 0.417 e. The van der Waals surface area contributed by atoms with Gasteiger partial charge in [0.1, 0.15) is 5.82 Å². The van der Waals surface area contributed by atoms with Gasteiger partial charge in [0.15, 0.2) is 5.11 Å². The van der Waals surface area contributed by atoms with Crippen molar-refractivity contribution in [1.82, 2.24) is 10.3 Å². The molecule has 0 spiro atoms. The molecule has 0 saturated carbocycles. The number of nitrogens with zero attached hydrogens (tertiary/aromatic N) is 1. The number of alkyl halides is 3. The van der Waals surface area contributed by atoms with Gasteiger partial charge in [0, 0.05) is 11.8 Å². The molecule has 8 heteroatoms. The number of benzene rings is 1. The SMILES string of the molecule is Cc1ccc(C(=O)NC(=S)Nc2ccc(C(F)(F)F)cn2)cc1. The van der Waals surface area contributed by atoms with E-state index in [9.17, 15) is 18.0 Å². The first-order chi connectivity index (χ1) is 10.8. The second kappa shape index (κ2) is 6.74. The zero-order valence-electron chi connectivity index (χ0n) is 11.9. The van der Waals surface area contributed by atoms with Gasteiger partial charge in [-0.1, -0.05) is 17.7 Å². The van der Waals surface area contributed by atoms with Crippen LogP contribution in [0.25, 0.3) is 0 Å². The maximum Gasteiger partial charge on any atom is 0.417 e. The van der Waals surface area contributed by atoms with E-state index in [1.165, 1.54) is 0 Å². The van der Waals surface area contributed by atoms with Gasteiger partial charge in [-0.3, -0.25) is 10.1 Å². The summed E-state index contributed by atoms with van der Waals surface area (Å²) in [6.07, 6.45) is -3.77. The van der Waals surface area contributed by atoms with Gasteiger partial charge >= 0.3 is 6.18 Å². The topological polar surface area (TPSA) is 54.0 Å². The molecule has 0 aliphatic rings. The third-order valence-electron chi connectivity index (χ3n) is 2.87. The number of nitrogens with one attached hydrogen (secondary N) is 2. The fourth-order valence-corrected chi connectivity index (χ4v) is 1.86. The number of thiocarbonyl (C=S) groups is 1. The highest BCUT2D eigenvalue weighted by Crippen LogP contribution is 2.28. The van der Waals surface area contributed by atoms with Crippen LogP contribution in [0.1, 0.15) is 21.5 Å². The smallest absolute Gasteiger partial charge is 0.317 e. The van der Waals surface area contributed by atoms with Crippen LogP contribution >= 0.6 is 12.2 Å². The van der Waals surface area contributed by atoms with Crippen LogP contribution in [0.15, 0.2) is 42.6 Å². The Morgan fingerprint density at radius 3 is 2.30 bits per heavy atom. The number of hydrogen-bond donors (Lipinski definition) is 2. The summed E-state index contributed by atoms with van der Waals surface area (Å²) < 4.78 is 37.3. The molecule has 0 saturated heterocycles. The Labute approximate surface area is 135 Å². The second-order valence-electron chi connectivity index (χ2n) is 4.70. The normalized spacial score (nSPS) is 11.0. The maximum absolute atomic E-state index is 12.4. The molecule has 0 radical (unpaired) electrons. The lowest BCUT2D eigenvalue weighted by Crippen LogP contribution is -2.34. The number of pyridine rings is 1. The minimum atomic E-state index is -4.45. The third kappa shape index (κ3) is 4.75. The van der Waals surface area contributed by atoms with Crippen LogP contribution in [0.4, 0.5) is 19.0 Å². The molecule has 0 bridgehead atoms. The Bertz CT molecular complexity index is 712. The van der Waals surface area contributed by atoms with Gasteiger partial charge in [-0.05, 0) is 43.4 Å². The van der Waals surface area contributed by atoms with Crippen molar-refractivity contribution in [3.05, 3.63) is 59.3 Å². The van der Waals surface area contributed by atoms with E-state index in [4.69, 9.17) is 12.2 Å². The summed E-state index contributed by atoms with van der Waals surface area (Å²) in [6, 6.07) is 8.85. The van der Waals surface area contributed by atoms with Gasteiger partial charge in [0.05, 0.1) is 5.56 Å². The predicted octanol–water partition coefficient (Wildman–Crippen LogP) is 3.54. The van der Waals surface area contributed by atoms with Gasteiger partial charge in [-0.25, -0.2) is 4.98 Å². The van der Waals surface area contributed by atoms with Crippen molar-refractivity contribution in [2.24, 2.45) is 0 Å². The quantitative estimate of drug-likeness (QED) is 0.822. The first kappa shape index (κ1) is 16.9. The van der Waals surface area contributed by atoms with Gasteiger partial charge in [0.25, 0.3) is 5.91 Å². The molecule has 4 nitrogen and oxygen atoms in total. The van der Waals surface area contributed by atoms with Crippen molar-refractivity contribution in [1.29, 1.82) is 0 Å². The summed E-state index contributed by atoms with van der Waals surface area (Å²) in [5.41, 5.74) is 0.564. The standard InChI is InChI=1S/C15H12F3N3OS/c1-9-2-4-10(5-3-9)13(22)21-14(23)20-12-7-6-11(8-19-12)15(16,17)18/h2-8H,1H3,(H2,19,20,21,22,23).